The number of ether oxygens (including phenoxy) is 2. The van der Waals surface area contributed by atoms with Crippen LogP contribution in [-0.2, 0) is 15.9 Å². The largest absolute Gasteiger partial charge is 0.465 e. The van der Waals surface area contributed by atoms with Gasteiger partial charge in [-0.05, 0) is 24.1 Å². The quantitative estimate of drug-likeness (QED) is 0.337. The van der Waals surface area contributed by atoms with E-state index < -0.39 is 0 Å². The predicted octanol–water partition coefficient (Wildman–Crippen LogP) is 0.827. The maximum Gasteiger partial charge on any atom is 0.337 e. The van der Waals surface area contributed by atoms with Crippen molar-refractivity contribution in [3.05, 3.63) is 35.4 Å². The molecule has 0 aliphatic heterocycles. The van der Waals surface area contributed by atoms with Crippen molar-refractivity contribution >= 4 is 11.9 Å². The Hall–Kier alpha value is -2.08. The lowest BCUT2D eigenvalue weighted by molar-refractivity contribution is 0.0600. The first-order valence-electron chi connectivity index (χ1n) is 6.82. The number of nitrogens with one attached hydrogen (secondary N) is 2. The molecule has 0 atom stereocenters. The van der Waals surface area contributed by atoms with E-state index in [1.54, 1.807) is 26.3 Å². The van der Waals surface area contributed by atoms with Crippen LogP contribution >= 0.6 is 0 Å². The summed E-state index contributed by atoms with van der Waals surface area (Å²) in [5.41, 5.74) is 1.70. The summed E-state index contributed by atoms with van der Waals surface area (Å²) < 4.78 is 9.63. The van der Waals surface area contributed by atoms with Crippen LogP contribution in [0.25, 0.3) is 0 Å². The van der Waals surface area contributed by atoms with Gasteiger partial charge in [0.1, 0.15) is 0 Å². The minimum Gasteiger partial charge on any atom is -0.465 e. The van der Waals surface area contributed by atoms with Gasteiger partial charge in [-0.15, -0.1) is 0 Å². The van der Waals surface area contributed by atoms with Gasteiger partial charge in [0.05, 0.1) is 19.3 Å². The first kappa shape index (κ1) is 17.0. The fraction of sp³-hybridized carbons (Fsp3) is 0.467. The molecule has 6 heteroatoms. The number of guanidine groups is 1. The van der Waals surface area contributed by atoms with Crippen LogP contribution in [0.5, 0.6) is 0 Å². The highest BCUT2D eigenvalue weighted by atomic mass is 16.5. The molecule has 0 fully saturated rings. The molecule has 0 unspecified atom stereocenters. The van der Waals surface area contributed by atoms with Crippen LogP contribution in [0.4, 0.5) is 0 Å². The van der Waals surface area contributed by atoms with E-state index in [0.29, 0.717) is 18.7 Å². The molecule has 0 amide bonds. The third kappa shape index (κ3) is 6.27. The maximum atomic E-state index is 11.3. The fourth-order valence-corrected chi connectivity index (χ4v) is 1.74. The average Bonchev–Trinajstić information content (AvgIpc) is 2.53. The van der Waals surface area contributed by atoms with E-state index in [0.717, 1.165) is 24.5 Å². The summed E-state index contributed by atoms with van der Waals surface area (Å²) in [4.78, 5) is 15.4. The van der Waals surface area contributed by atoms with Crippen LogP contribution in [0.2, 0.25) is 0 Å². The molecule has 1 aromatic rings. The van der Waals surface area contributed by atoms with Gasteiger partial charge < -0.3 is 20.1 Å². The fourth-order valence-electron chi connectivity index (χ4n) is 1.74. The highest BCUT2D eigenvalue weighted by Gasteiger charge is 2.04. The number of aliphatic imine (C=N–C) groups is 1. The number of hydrogen-bond acceptors (Lipinski definition) is 4. The van der Waals surface area contributed by atoms with Crippen LogP contribution in [0.1, 0.15) is 15.9 Å². The zero-order chi connectivity index (χ0) is 15.5. The molecule has 116 valence electrons. The number of nitrogens with zero attached hydrogens (tertiary/aromatic N) is 1. The van der Waals surface area contributed by atoms with Crippen LogP contribution in [0, 0.1) is 0 Å². The van der Waals surface area contributed by atoms with Crippen molar-refractivity contribution in [1.29, 1.82) is 0 Å². The van der Waals surface area contributed by atoms with E-state index in [9.17, 15) is 4.79 Å². The van der Waals surface area contributed by atoms with Crippen LogP contribution in [0.3, 0.4) is 0 Å². The second-order valence-corrected chi connectivity index (χ2v) is 4.36. The van der Waals surface area contributed by atoms with Gasteiger partial charge in [-0.25, -0.2) is 4.79 Å². The van der Waals surface area contributed by atoms with E-state index >= 15 is 0 Å². The van der Waals surface area contributed by atoms with Gasteiger partial charge in [-0.3, -0.25) is 4.99 Å². The molecule has 0 radical (unpaired) electrons. The van der Waals surface area contributed by atoms with Gasteiger partial charge in [-0.2, -0.15) is 0 Å². The third-order valence-corrected chi connectivity index (χ3v) is 2.90. The molecular formula is C15H23N3O3. The van der Waals surface area contributed by atoms with Crippen molar-refractivity contribution in [3.63, 3.8) is 0 Å². The Balaban J connectivity index is 2.36. The average molecular weight is 293 g/mol. The smallest absolute Gasteiger partial charge is 0.337 e. The van der Waals surface area contributed by atoms with Gasteiger partial charge in [0.15, 0.2) is 5.96 Å². The monoisotopic (exact) mass is 293 g/mol. The number of rotatable bonds is 7. The SMILES string of the molecule is CN=C(NCCOC)NCCc1ccc(C(=O)OC)cc1. The van der Waals surface area contributed by atoms with E-state index in [2.05, 4.69) is 20.4 Å². The lowest BCUT2D eigenvalue weighted by Gasteiger charge is -2.11. The maximum absolute atomic E-state index is 11.3. The Morgan fingerprint density at radius 3 is 2.38 bits per heavy atom. The molecule has 21 heavy (non-hydrogen) atoms. The van der Waals surface area contributed by atoms with E-state index in [-0.39, 0.29) is 5.97 Å². The summed E-state index contributed by atoms with van der Waals surface area (Å²) >= 11 is 0. The van der Waals surface area contributed by atoms with E-state index in [1.165, 1.54) is 7.11 Å². The summed E-state index contributed by atoms with van der Waals surface area (Å²) in [5.74, 6) is 0.431. The zero-order valence-electron chi connectivity index (χ0n) is 12.8. The molecule has 0 saturated heterocycles. The molecule has 1 rings (SSSR count). The molecule has 0 saturated carbocycles. The Labute approximate surface area is 125 Å². The van der Waals surface area contributed by atoms with Crippen molar-refractivity contribution in [2.45, 2.75) is 6.42 Å². The van der Waals surface area contributed by atoms with Crippen molar-refractivity contribution in [2.24, 2.45) is 4.99 Å². The van der Waals surface area contributed by atoms with Gasteiger partial charge in [0, 0.05) is 27.2 Å². The molecule has 0 spiro atoms. The molecule has 0 aromatic heterocycles. The van der Waals surface area contributed by atoms with Gasteiger partial charge >= 0.3 is 5.97 Å². The second-order valence-electron chi connectivity index (χ2n) is 4.36. The predicted molar refractivity (Wildman–Crippen MR) is 82.7 cm³/mol. The summed E-state index contributed by atoms with van der Waals surface area (Å²) in [6, 6.07) is 7.39. The molecule has 2 N–H and O–H groups in total. The molecule has 1 aromatic carbocycles. The Morgan fingerprint density at radius 2 is 1.81 bits per heavy atom. The lowest BCUT2D eigenvalue weighted by atomic mass is 10.1. The van der Waals surface area contributed by atoms with Crippen LogP contribution in [0.15, 0.2) is 29.3 Å². The van der Waals surface area contributed by atoms with Gasteiger partial charge in [-0.1, -0.05) is 12.1 Å². The number of methoxy groups -OCH3 is 2. The number of benzene rings is 1. The van der Waals surface area contributed by atoms with E-state index in [4.69, 9.17) is 4.74 Å². The molecule has 0 bridgehead atoms. The van der Waals surface area contributed by atoms with E-state index in [1.807, 2.05) is 12.1 Å². The molecule has 0 heterocycles. The van der Waals surface area contributed by atoms with Crippen LogP contribution in [-0.4, -0.2) is 52.9 Å². The standard InChI is InChI=1S/C15H23N3O3/c1-16-15(18-10-11-20-2)17-9-8-12-4-6-13(7-5-12)14(19)21-3/h4-7H,8-11H2,1-3H3,(H2,16,17,18). The minimum absolute atomic E-state index is 0.317. The molecular weight excluding hydrogens is 270 g/mol. The normalized spacial score (nSPS) is 11.1. The summed E-state index contributed by atoms with van der Waals surface area (Å²) in [6.07, 6.45) is 0.840. The Kier molecular flexibility index (Phi) is 7.89. The zero-order valence-corrected chi connectivity index (χ0v) is 12.8. The number of hydrogen-bond donors (Lipinski definition) is 2. The van der Waals surface area contributed by atoms with Crippen LogP contribution < -0.4 is 10.6 Å². The highest BCUT2D eigenvalue weighted by molar-refractivity contribution is 5.89. The second kappa shape index (κ2) is 9.77. The minimum atomic E-state index is -0.317. The van der Waals surface area contributed by atoms with Crippen molar-refractivity contribution in [1.82, 2.24) is 10.6 Å². The van der Waals surface area contributed by atoms with Crippen molar-refractivity contribution < 1.29 is 14.3 Å². The van der Waals surface area contributed by atoms with Gasteiger partial charge in [0.2, 0.25) is 0 Å². The lowest BCUT2D eigenvalue weighted by Crippen LogP contribution is -2.39. The summed E-state index contributed by atoms with van der Waals surface area (Å²) in [5, 5.41) is 6.36. The molecule has 0 aliphatic rings. The van der Waals surface area contributed by atoms with Gasteiger partial charge in [0.25, 0.3) is 0 Å². The number of esters is 1. The number of carbonyl (C=O) groups is 1. The first-order valence-corrected chi connectivity index (χ1v) is 6.82. The van der Waals surface area contributed by atoms with Crippen molar-refractivity contribution in [3.8, 4) is 0 Å². The third-order valence-electron chi connectivity index (χ3n) is 2.90. The Morgan fingerprint density at radius 1 is 1.14 bits per heavy atom. The molecule has 6 nitrogen and oxygen atoms in total. The Bertz CT molecular complexity index is 458. The summed E-state index contributed by atoms with van der Waals surface area (Å²) in [6.45, 7) is 2.10. The first-order chi connectivity index (χ1) is 10.2. The highest BCUT2D eigenvalue weighted by Crippen LogP contribution is 2.06. The topological polar surface area (TPSA) is 72.0 Å². The number of carbonyl (C=O) groups excluding carboxylic acids is 1. The summed E-state index contributed by atoms with van der Waals surface area (Å²) in [7, 11) is 4.77. The van der Waals surface area contributed by atoms with Crippen molar-refractivity contribution in [2.75, 3.05) is 41.0 Å². The molecule has 0 aliphatic carbocycles.